The zero-order chi connectivity index (χ0) is 76.1. The molecular weight excluding hydrogens is 1400 g/mol. The topological polar surface area (TPSA) is 13.0 Å². The minimum Gasteiger partial charge on any atom is -0.311 e. The SMILES string of the molecule is c1ccc(N2c3ccccc3B3c4ccccc4N(c4cccc(-c5ccc6ccc(-c7ccc(-c8ccc(N9c%10ccc(-c%11cccc%12ccccc%11%12)cc%10B%10c%11cc(-c%12cccc%13ccccc%12%13)ccc%11N(c%11ccc(-c%12cccc%13ccccc%12%13)cc%11)c%11cccc9c%11%10)cc8)c8ccccc78)cc6c5)c4)c4cccc2c43)cc1. The Morgan fingerprint density at radius 3 is 0.966 bits per heavy atom. The van der Waals surface area contributed by atoms with Crippen molar-refractivity contribution in [2.45, 2.75) is 0 Å². The van der Waals surface area contributed by atoms with Crippen LogP contribution in [0.3, 0.4) is 0 Å². The number of rotatable bonds is 10. The lowest BCUT2D eigenvalue weighted by molar-refractivity contribution is 1.25. The van der Waals surface area contributed by atoms with E-state index in [2.05, 4.69) is 444 Å². The summed E-state index contributed by atoms with van der Waals surface area (Å²) >= 11 is 0. The molecule has 4 heterocycles. The number of nitrogens with zero attached hydrogens (tertiary/aromatic N) is 4. The van der Waals surface area contributed by atoms with Crippen molar-refractivity contribution in [2.24, 2.45) is 0 Å². The van der Waals surface area contributed by atoms with Gasteiger partial charge < -0.3 is 19.6 Å². The van der Waals surface area contributed by atoms with Gasteiger partial charge in [-0.15, -0.1) is 0 Å². The summed E-state index contributed by atoms with van der Waals surface area (Å²) in [6.07, 6.45) is 0. The molecule has 0 aromatic heterocycles. The van der Waals surface area contributed by atoms with Crippen LogP contribution in [0.2, 0.25) is 0 Å². The molecule has 20 aromatic carbocycles. The summed E-state index contributed by atoms with van der Waals surface area (Å²) < 4.78 is 0. The van der Waals surface area contributed by atoms with Gasteiger partial charge in [0.1, 0.15) is 0 Å². The molecule has 0 amide bonds. The van der Waals surface area contributed by atoms with Gasteiger partial charge in [0.15, 0.2) is 0 Å². The molecule has 6 heteroatoms. The van der Waals surface area contributed by atoms with E-state index in [1.807, 2.05) is 0 Å². The second-order valence-electron chi connectivity index (χ2n) is 31.3. The van der Waals surface area contributed by atoms with Crippen LogP contribution in [0.1, 0.15) is 0 Å². The van der Waals surface area contributed by atoms with Crippen molar-refractivity contribution < 1.29 is 0 Å². The maximum Gasteiger partial charge on any atom is 0.252 e. The van der Waals surface area contributed by atoms with Crippen LogP contribution in [0.5, 0.6) is 0 Å². The molecule has 0 atom stereocenters. The van der Waals surface area contributed by atoms with Crippen molar-refractivity contribution in [3.63, 3.8) is 0 Å². The number of para-hydroxylation sites is 3. The van der Waals surface area contributed by atoms with E-state index in [9.17, 15) is 0 Å². The van der Waals surface area contributed by atoms with Crippen LogP contribution in [0.25, 0.3) is 121 Å². The summed E-state index contributed by atoms with van der Waals surface area (Å²) in [5.41, 5.74) is 36.0. The second kappa shape index (κ2) is 26.3. The van der Waals surface area contributed by atoms with E-state index in [0.29, 0.717) is 0 Å². The van der Waals surface area contributed by atoms with Crippen LogP contribution in [0.4, 0.5) is 68.2 Å². The van der Waals surface area contributed by atoms with Crippen molar-refractivity contribution in [3.8, 4) is 66.8 Å². The van der Waals surface area contributed by atoms with Crippen LogP contribution < -0.4 is 52.4 Å². The Hall–Kier alpha value is -15.0. The number of hydrogen-bond donors (Lipinski definition) is 0. The molecule has 536 valence electrons. The van der Waals surface area contributed by atoms with Gasteiger partial charge in [-0.05, 0) is 263 Å². The largest absolute Gasteiger partial charge is 0.311 e. The highest BCUT2D eigenvalue weighted by atomic mass is 15.2. The molecule has 24 rings (SSSR count). The smallest absolute Gasteiger partial charge is 0.252 e. The van der Waals surface area contributed by atoms with Crippen LogP contribution in [0.15, 0.2) is 425 Å². The predicted molar refractivity (Wildman–Crippen MR) is 495 cm³/mol. The number of fused-ring (bicyclic) bond motifs is 13. The molecule has 0 bridgehead atoms. The first kappa shape index (κ1) is 65.7. The summed E-state index contributed by atoms with van der Waals surface area (Å²) in [5, 5.41) is 12.2. The van der Waals surface area contributed by atoms with Gasteiger partial charge in [0, 0.05) is 68.2 Å². The summed E-state index contributed by atoms with van der Waals surface area (Å²) in [5.74, 6) is 0. The monoisotopic (exact) mass is 1470 g/mol. The van der Waals surface area contributed by atoms with E-state index in [1.54, 1.807) is 0 Å². The zero-order valence-corrected chi connectivity index (χ0v) is 63.4. The Bertz CT molecular complexity index is 7440. The lowest BCUT2D eigenvalue weighted by atomic mass is 9.33. The van der Waals surface area contributed by atoms with E-state index in [4.69, 9.17) is 0 Å². The van der Waals surface area contributed by atoms with E-state index in [1.165, 1.54) is 182 Å². The molecule has 0 spiro atoms. The number of benzene rings is 20. The highest BCUT2D eigenvalue weighted by molar-refractivity contribution is 7.01. The summed E-state index contributed by atoms with van der Waals surface area (Å²) in [6.45, 7) is -0.0436. The van der Waals surface area contributed by atoms with Gasteiger partial charge in [-0.25, -0.2) is 0 Å². The van der Waals surface area contributed by atoms with Crippen LogP contribution >= 0.6 is 0 Å². The van der Waals surface area contributed by atoms with E-state index in [-0.39, 0.29) is 13.4 Å². The fraction of sp³-hybridized carbons (Fsp3) is 0. The molecule has 0 radical (unpaired) electrons. The second-order valence-corrected chi connectivity index (χ2v) is 31.3. The molecule has 4 aliphatic heterocycles. The third kappa shape index (κ3) is 10.3. The fourth-order valence-electron chi connectivity index (χ4n) is 20.0. The van der Waals surface area contributed by atoms with Crippen molar-refractivity contribution in [1.29, 1.82) is 0 Å². The first-order valence-electron chi connectivity index (χ1n) is 40.3. The molecule has 0 N–H and O–H groups in total. The lowest BCUT2D eigenvalue weighted by Gasteiger charge is -2.44. The average Bonchev–Trinajstić information content (AvgIpc) is 0.701. The van der Waals surface area contributed by atoms with Crippen molar-refractivity contribution >= 4 is 168 Å². The highest BCUT2D eigenvalue weighted by Crippen LogP contribution is 2.50. The normalized spacial score (nSPS) is 12.9. The minimum absolute atomic E-state index is 0.0798. The Morgan fingerprint density at radius 2 is 0.457 bits per heavy atom. The zero-order valence-electron chi connectivity index (χ0n) is 63.4. The molecule has 0 unspecified atom stereocenters. The van der Waals surface area contributed by atoms with Gasteiger partial charge in [-0.1, -0.05) is 315 Å². The van der Waals surface area contributed by atoms with Gasteiger partial charge in [-0.3, -0.25) is 0 Å². The molecule has 0 saturated carbocycles. The average molecular weight is 1470 g/mol. The fourth-order valence-corrected chi connectivity index (χ4v) is 20.0. The Morgan fingerprint density at radius 1 is 0.147 bits per heavy atom. The standard InChI is InChI=1S/C110H70B2N4/c1-2-29-83(30-3-1)113-101-42-14-12-40-97(101)111-98-41-13-15-43-102(98)116(108-47-21-44-105(113)109(108)111)86-31-16-28-77(68-86)78-50-48-71-49-51-79(67-82(71)66-78)94-63-62-93(95-35-10-11-36-96(94)95)76-54-60-85(61-55-76)115-104-65-57-81(92-39-19-27-74-24-6-9-34-89(74)92)70-100(104)112-99-69-80(91-38-18-26-73-23-5-8-33-88(73)91)56-64-103(99)114(106-45-20-46-107(115)110(106)112)84-58-52-75(53-59-84)90-37-17-25-72-22-4-7-32-87(72)90/h1-70H. The third-order valence-electron chi connectivity index (χ3n) is 25.2. The quantitative estimate of drug-likeness (QED) is 0.127. The first-order valence-corrected chi connectivity index (χ1v) is 40.3. The van der Waals surface area contributed by atoms with Gasteiger partial charge in [0.2, 0.25) is 0 Å². The highest BCUT2D eigenvalue weighted by Gasteiger charge is 2.45. The van der Waals surface area contributed by atoms with Gasteiger partial charge in [-0.2, -0.15) is 0 Å². The summed E-state index contributed by atoms with van der Waals surface area (Å²) in [6, 6.07) is 159. The predicted octanol–water partition coefficient (Wildman–Crippen LogP) is 25.6. The van der Waals surface area contributed by atoms with E-state index >= 15 is 0 Å². The van der Waals surface area contributed by atoms with Gasteiger partial charge >= 0.3 is 0 Å². The summed E-state index contributed by atoms with van der Waals surface area (Å²) in [7, 11) is 0. The van der Waals surface area contributed by atoms with E-state index in [0.717, 1.165) is 39.7 Å². The molecule has 0 aliphatic carbocycles. The Kier molecular flexibility index (Phi) is 14.9. The first-order chi connectivity index (χ1) is 57.5. The molecule has 0 saturated heterocycles. The third-order valence-corrected chi connectivity index (χ3v) is 25.2. The van der Waals surface area contributed by atoms with E-state index < -0.39 is 0 Å². The molecule has 4 nitrogen and oxygen atoms in total. The van der Waals surface area contributed by atoms with Crippen molar-refractivity contribution in [1.82, 2.24) is 0 Å². The lowest BCUT2D eigenvalue weighted by Crippen LogP contribution is -2.61. The van der Waals surface area contributed by atoms with Crippen molar-refractivity contribution in [3.05, 3.63) is 425 Å². The van der Waals surface area contributed by atoms with Crippen LogP contribution in [-0.2, 0) is 0 Å². The minimum atomic E-state index is -0.123. The maximum atomic E-state index is 2.54. The van der Waals surface area contributed by atoms with Gasteiger partial charge in [0.05, 0.1) is 0 Å². The van der Waals surface area contributed by atoms with Crippen molar-refractivity contribution in [2.75, 3.05) is 19.6 Å². The number of anilines is 12. The Balaban J connectivity index is 0.602. The Labute approximate surface area is 674 Å². The number of hydrogen-bond acceptors (Lipinski definition) is 4. The molecule has 0 fully saturated rings. The van der Waals surface area contributed by atoms with Gasteiger partial charge in [0.25, 0.3) is 13.4 Å². The molecule has 4 aliphatic rings. The van der Waals surface area contributed by atoms with Crippen LogP contribution in [-0.4, -0.2) is 13.4 Å². The molecular formula is C110H70B2N4. The molecule has 20 aromatic rings. The maximum absolute atomic E-state index is 2.54. The summed E-state index contributed by atoms with van der Waals surface area (Å²) in [4.78, 5) is 10.0. The van der Waals surface area contributed by atoms with Crippen LogP contribution in [0, 0.1) is 0 Å². The molecule has 116 heavy (non-hydrogen) atoms.